The fraction of sp³-hybridized carbons (Fsp3) is 0.556. The zero-order valence-electron chi connectivity index (χ0n) is 8.47. The molecule has 84 valence electrons. The average molecular weight is 219 g/mol. The fourth-order valence-corrected chi connectivity index (χ4v) is 1.24. The van der Waals surface area contributed by atoms with E-state index in [0.29, 0.717) is 11.3 Å². The summed E-state index contributed by atoms with van der Waals surface area (Å²) >= 11 is 0. The number of hydrogen-bond acceptors (Lipinski definition) is 3. The van der Waals surface area contributed by atoms with Gasteiger partial charge in [-0.25, -0.2) is 9.97 Å². The number of alkyl halides is 3. The van der Waals surface area contributed by atoms with Crippen molar-refractivity contribution in [1.82, 2.24) is 9.97 Å². The highest BCUT2D eigenvalue weighted by Crippen LogP contribution is 2.20. The van der Waals surface area contributed by atoms with Crippen LogP contribution in [0.2, 0.25) is 0 Å². The highest BCUT2D eigenvalue weighted by Gasteiger charge is 2.29. The van der Waals surface area contributed by atoms with Crippen LogP contribution in [0.4, 0.5) is 13.2 Å². The lowest BCUT2D eigenvalue weighted by Gasteiger charge is -2.10. The van der Waals surface area contributed by atoms with Gasteiger partial charge in [-0.05, 0) is 13.8 Å². The standard InChI is InChI=1S/C9H12F3N3/c1-5(13)7-4-14-8(15-6(7)2)3-9(10,11)12/h4-5H,3,13H2,1-2H3. The first-order valence-corrected chi connectivity index (χ1v) is 4.44. The van der Waals surface area contributed by atoms with Gasteiger partial charge in [0.1, 0.15) is 12.2 Å². The molecule has 0 saturated carbocycles. The molecule has 1 aromatic heterocycles. The summed E-state index contributed by atoms with van der Waals surface area (Å²) in [6, 6.07) is -0.273. The smallest absolute Gasteiger partial charge is 0.324 e. The van der Waals surface area contributed by atoms with Crippen molar-refractivity contribution >= 4 is 0 Å². The first kappa shape index (κ1) is 11.9. The van der Waals surface area contributed by atoms with E-state index in [0.717, 1.165) is 0 Å². The minimum absolute atomic E-state index is 0.218. The maximum absolute atomic E-state index is 12.0. The molecule has 0 aliphatic heterocycles. The van der Waals surface area contributed by atoms with Crippen LogP contribution >= 0.6 is 0 Å². The summed E-state index contributed by atoms with van der Waals surface area (Å²) in [6.45, 7) is 3.36. The quantitative estimate of drug-likeness (QED) is 0.826. The minimum Gasteiger partial charge on any atom is -0.324 e. The number of aryl methyl sites for hydroxylation is 1. The normalized spacial score (nSPS) is 14.0. The summed E-state index contributed by atoms with van der Waals surface area (Å²) in [5.41, 5.74) is 6.76. The van der Waals surface area contributed by atoms with Crippen LogP contribution in [-0.4, -0.2) is 16.1 Å². The summed E-state index contributed by atoms with van der Waals surface area (Å²) in [6.07, 6.45) is -4.02. The molecule has 0 saturated heterocycles. The number of nitrogens with zero attached hydrogens (tertiary/aromatic N) is 2. The Balaban J connectivity index is 2.92. The van der Waals surface area contributed by atoms with E-state index in [1.54, 1.807) is 13.8 Å². The maximum atomic E-state index is 12.0. The van der Waals surface area contributed by atoms with E-state index in [2.05, 4.69) is 9.97 Å². The Kier molecular flexibility index (Phi) is 3.28. The van der Waals surface area contributed by atoms with Gasteiger partial charge >= 0.3 is 6.18 Å². The third-order valence-electron chi connectivity index (χ3n) is 1.92. The molecule has 2 N–H and O–H groups in total. The van der Waals surface area contributed by atoms with Gasteiger partial charge in [-0.15, -0.1) is 0 Å². The van der Waals surface area contributed by atoms with E-state index >= 15 is 0 Å². The molecule has 0 amide bonds. The topological polar surface area (TPSA) is 51.8 Å². The molecule has 1 rings (SSSR count). The molecule has 1 heterocycles. The molecule has 0 bridgehead atoms. The van der Waals surface area contributed by atoms with Crippen LogP contribution in [0.15, 0.2) is 6.20 Å². The van der Waals surface area contributed by atoms with Crippen LogP contribution < -0.4 is 5.73 Å². The van der Waals surface area contributed by atoms with Crippen LogP contribution in [0.1, 0.15) is 30.0 Å². The summed E-state index contributed by atoms with van der Waals surface area (Å²) in [5.74, 6) is -0.218. The van der Waals surface area contributed by atoms with Crippen molar-refractivity contribution < 1.29 is 13.2 Å². The summed E-state index contributed by atoms with van der Waals surface area (Å²) in [4.78, 5) is 7.40. The lowest BCUT2D eigenvalue weighted by molar-refractivity contribution is -0.128. The fourth-order valence-electron chi connectivity index (χ4n) is 1.24. The Labute approximate surface area is 85.5 Å². The Hall–Kier alpha value is -1.17. The number of nitrogens with two attached hydrogens (primary N) is 1. The molecule has 1 aromatic rings. The van der Waals surface area contributed by atoms with Crippen molar-refractivity contribution in [3.05, 3.63) is 23.3 Å². The number of aromatic nitrogens is 2. The lowest BCUT2D eigenvalue weighted by Crippen LogP contribution is -2.16. The predicted octanol–water partition coefficient (Wildman–Crippen LogP) is 1.91. The van der Waals surface area contributed by atoms with Crippen molar-refractivity contribution in [1.29, 1.82) is 0 Å². The van der Waals surface area contributed by atoms with Crippen LogP contribution in [0.3, 0.4) is 0 Å². The molecule has 0 aromatic carbocycles. The van der Waals surface area contributed by atoms with Crippen molar-refractivity contribution in [3.63, 3.8) is 0 Å². The molecule has 0 fully saturated rings. The van der Waals surface area contributed by atoms with E-state index in [1.165, 1.54) is 6.20 Å². The molecule has 0 aliphatic rings. The highest BCUT2D eigenvalue weighted by molar-refractivity contribution is 5.19. The largest absolute Gasteiger partial charge is 0.396 e. The first-order chi connectivity index (χ1) is 6.79. The van der Waals surface area contributed by atoms with Gasteiger partial charge in [0.2, 0.25) is 0 Å². The van der Waals surface area contributed by atoms with Crippen molar-refractivity contribution in [3.8, 4) is 0 Å². The molecule has 0 aliphatic carbocycles. The second-order valence-corrected chi connectivity index (χ2v) is 3.41. The molecule has 1 unspecified atom stereocenters. The second kappa shape index (κ2) is 4.14. The van der Waals surface area contributed by atoms with Gasteiger partial charge in [-0.1, -0.05) is 0 Å². The Bertz CT molecular complexity index is 347. The van der Waals surface area contributed by atoms with Crippen LogP contribution in [0, 0.1) is 6.92 Å². The van der Waals surface area contributed by atoms with Gasteiger partial charge in [0.15, 0.2) is 0 Å². The van der Waals surface area contributed by atoms with E-state index in [4.69, 9.17) is 5.73 Å². The highest BCUT2D eigenvalue weighted by atomic mass is 19.4. The van der Waals surface area contributed by atoms with E-state index in [-0.39, 0.29) is 11.9 Å². The average Bonchev–Trinajstić information content (AvgIpc) is 1.99. The summed E-state index contributed by atoms with van der Waals surface area (Å²) in [7, 11) is 0. The van der Waals surface area contributed by atoms with E-state index < -0.39 is 12.6 Å². The van der Waals surface area contributed by atoms with Crippen molar-refractivity contribution in [2.75, 3.05) is 0 Å². The van der Waals surface area contributed by atoms with Crippen LogP contribution in [0.25, 0.3) is 0 Å². The minimum atomic E-state index is -4.28. The molecule has 6 heteroatoms. The number of rotatable bonds is 2. The van der Waals surface area contributed by atoms with Gasteiger partial charge < -0.3 is 5.73 Å². The molecule has 1 atom stereocenters. The first-order valence-electron chi connectivity index (χ1n) is 4.44. The summed E-state index contributed by atoms with van der Waals surface area (Å²) < 4.78 is 36.1. The van der Waals surface area contributed by atoms with Gasteiger partial charge in [0.25, 0.3) is 0 Å². The zero-order valence-corrected chi connectivity index (χ0v) is 8.47. The Morgan fingerprint density at radius 2 is 2.07 bits per heavy atom. The Morgan fingerprint density at radius 1 is 1.47 bits per heavy atom. The van der Waals surface area contributed by atoms with E-state index in [1.807, 2.05) is 0 Å². The van der Waals surface area contributed by atoms with Crippen molar-refractivity contribution in [2.45, 2.75) is 32.5 Å². The second-order valence-electron chi connectivity index (χ2n) is 3.41. The maximum Gasteiger partial charge on any atom is 0.396 e. The number of halogens is 3. The predicted molar refractivity (Wildman–Crippen MR) is 49.1 cm³/mol. The van der Waals surface area contributed by atoms with Crippen LogP contribution in [0.5, 0.6) is 0 Å². The van der Waals surface area contributed by atoms with E-state index in [9.17, 15) is 13.2 Å². The molecule has 0 spiro atoms. The third kappa shape index (κ3) is 3.47. The number of hydrogen-bond donors (Lipinski definition) is 1. The molecule has 15 heavy (non-hydrogen) atoms. The molecular weight excluding hydrogens is 207 g/mol. The Morgan fingerprint density at radius 3 is 2.47 bits per heavy atom. The van der Waals surface area contributed by atoms with Gasteiger partial charge in [-0.2, -0.15) is 13.2 Å². The van der Waals surface area contributed by atoms with Gasteiger partial charge in [0, 0.05) is 23.5 Å². The summed E-state index contributed by atoms with van der Waals surface area (Å²) in [5, 5.41) is 0. The zero-order chi connectivity index (χ0) is 11.6. The van der Waals surface area contributed by atoms with Crippen LogP contribution in [-0.2, 0) is 6.42 Å². The lowest BCUT2D eigenvalue weighted by atomic mass is 10.1. The SMILES string of the molecule is Cc1nc(CC(F)(F)F)ncc1C(C)N. The molecule has 0 radical (unpaired) electrons. The van der Waals surface area contributed by atoms with Gasteiger partial charge in [0.05, 0.1) is 0 Å². The van der Waals surface area contributed by atoms with Gasteiger partial charge in [-0.3, -0.25) is 0 Å². The molecular formula is C9H12F3N3. The van der Waals surface area contributed by atoms with Crippen molar-refractivity contribution in [2.24, 2.45) is 5.73 Å². The third-order valence-corrected chi connectivity index (χ3v) is 1.92. The molecule has 3 nitrogen and oxygen atoms in total. The monoisotopic (exact) mass is 219 g/mol.